The highest BCUT2D eigenvalue weighted by atomic mass is 16.6. The van der Waals surface area contributed by atoms with Gasteiger partial charge in [-0.15, -0.1) is 0 Å². The molecule has 2 atom stereocenters. The molecule has 16 heavy (non-hydrogen) atoms. The number of ether oxygens (including phenoxy) is 1. The molecule has 0 aliphatic carbocycles. The molecule has 0 radical (unpaired) electrons. The van der Waals surface area contributed by atoms with Gasteiger partial charge in [0.15, 0.2) is 0 Å². The van der Waals surface area contributed by atoms with Crippen molar-refractivity contribution in [3.63, 3.8) is 0 Å². The summed E-state index contributed by atoms with van der Waals surface area (Å²) in [5.41, 5.74) is -0.421. The number of piperidine rings is 1. The van der Waals surface area contributed by atoms with Crippen LogP contribution >= 0.6 is 0 Å². The number of rotatable bonds is 2. The van der Waals surface area contributed by atoms with Crippen molar-refractivity contribution in [1.29, 1.82) is 0 Å². The lowest BCUT2D eigenvalue weighted by molar-refractivity contribution is 0.0516. The predicted octanol–water partition coefficient (Wildman–Crippen LogP) is 1.90. The quantitative estimate of drug-likeness (QED) is 0.759. The van der Waals surface area contributed by atoms with Crippen LogP contribution in [0.15, 0.2) is 0 Å². The second-order valence-electron chi connectivity index (χ2n) is 5.56. The largest absolute Gasteiger partial charge is 0.444 e. The van der Waals surface area contributed by atoms with Crippen molar-refractivity contribution in [2.45, 2.75) is 52.2 Å². The molecule has 4 heteroatoms. The summed E-state index contributed by atoms with van der Waals surface area (Å²) in [5, 5.41) is 6.23. The maximum absolute atomic E-state index is 11.4. The Hall–Kier alpha value is -0.770. The minimum Gasteiger partial charge on any atom is -0.444 e. The molecule has 0 spiro atoms. The highest BCUT2D eigenvalue weighted by Crippen LogP contribution is 2.15. The van der Waals surface area contributed by atoms with Crippen molar-refractivity contribution in [2.75, 3.05) is 13.1 Å². The van der Waals surface area contributed by atoms with E-state index in [4.69, 9.17) is 4.74 Å². The van der Waals surface area contributed by atoms with Crippen LogP contribution in [0.25, 0.3) is 0 Å². The molecule has 0 aromatic heterocycles. The fourth-order valence-electron chi connectivity index (χ4n) is 1.89. The Bertz CT molecular complexity index is 236. The van der Waals surface area contributed by atoms with E-state index in [0.717, 1.165) is 6.54 Å². The summed E-state index contributed by atoms with van der Waals surface area (Å²) in [6.07, 6.45) is 2.13. The van der Waals surface area contributed by atoms with E-state index in [9.17, 15) is 4.79 Å². The van der Waals surface area contributed by atoms with Gasteiger partial charge in [0.25, 0.3) is 0 Å². The molecule has 0 saturated carbocycles. The topological polar surface area (TPSA) is 50.4 Å². The molecular weight excluding hydrogens is 204 g/mol. The third-order valence-corrected chi connectivity index (χ3v) is 2.79. The third-order valence-electron chi connectivity index (χ3n) is 2.79. The fraction of sp³-hybridized carbons (Fsp3) is 0.917. The van der Waals surface area contributed by atoms with Crippen LogP contribution in [-0.4, -0.2) is 30.8 Å². The van der Waals surface area contributed by atoms with E-state index in [1.807, 2.05) is 20.8 Å². The molecule has 1 amide bonds. The number of carbonyl (C=O) groups is 1. The molecule has 4 nitrogen and oxygen atoms in total. The first kappa shape index (κ1) is 13.3. The van der Waals surface area contributed by atoms with E-state index in [0.29, 0.717) is 18.5 Å². The molecule has 0 aromatic rings. The van der Waals surface area contributed by atoms with Gasteiger partial charge in [-0.25, -0.2) is 4.79 Å². The van der Waals surface area contributed by atoms with Gasteiger partial charge >= 0.3 is 6.09 Å². The average Bonchev–Trinajstić information content (AvgIpc) is 2.14. The van der Waals surface area contributed by atoms with Gasteiger partial charge in [-0.3, -0.25) is 0 Å². The van der Waals surface area contributed by atoms with Crippen molar-refractivity contribution in [3.8, 4) is 0 Å². The molecule has 0 aromatic carbocycles. The molecule has 0 unspecified atom stereocenters. The summed E-state index contributed by atoms with van der Waals surface area (Å²) < 4.78 is 5.19. The standard InChI is InChI=1S/C12H24N2O2/c1-9-6-5-7-13-10(9)8-14-11(15)16-12(2,3)4/h9-10,13H,5-8H2,1-4H3,(H,14,15)/t9-,10+/m1/s1. The van der Waals surface area contributed by atoms with Gasteiger partial charge in [0.05, 0.1) is 0 Å². The molecule has 1 fully saturated rings. The highest BCUT2D eigenvalue weighted by Gasteiger charge is 2.22. The lowest BCUT2D eigenvalue weighted by atomic mass is 9.93. The van der Waals surface area contributed by atoms with Crippen LogP contribution in [-0.2, 0) is 4.74 Å². The van der Waals surface area contributed by atoms with Gasteiger partial charge in [-0.1, -0.05) is 6.92 Å². The SMILES string of the molecule is C[C@@H]1CCCN[C@H]1CNC(=O)OC(C)(C)C. The van der Waals surface area contributed by atoms with E-state index < -0.39 is 5.60 Å². The van der Waals surface area contributed by atoms with Crippen LogP contribution in [0, 0.1) is 5.92 Å². The van der Waals surface area contributed by atoms with Gasteiger partial charge in [-0.2, -0.15) is 0 Å². The average molecular weight is 228 g/mol. The first-order valence-electron chi connectivity index (χ1n) is 6.09. The van der Waals surface area contributed by atoms with Gasteiger partial charge < -0.3 is 15.4 Å². The number of alkyl carbamates (subject to hydrolysis) is 1. The first-order chi connectivity index (χ1) is 7.38. The maximum Gasteiger partial charge on any atom is 0.407 e. The summed E-state index contributed by atoms with van der Waals surface area (Å²) in [6, 6.07) is 0.376. The monoisotopic (exact) mass is 228 g/mol. The summed E-state index contributed by atoms with van der Waals surface area (Å²) in [6.45, 7) is 9.52. The molecule has 1 rings (SSSR count). The second kappa shape index (κ2) is 5.53. The molecule has 1 aliphatic rings. The number of hydrogen-bond donors (Lipinski definition) is 2. The van der Waals surface area contributed by atoms with E-state index in [1.165, 1.54) is 12.8 Å². The Balaban J connectivity index is 2.25. The Morgan fingerprint density at radius 3 is 2.75 bits per heavy atom. The van der Waals surface area contributed by atoms with Crippen molar-refractivity contribution < 1.29 is 9.53 Å². The lowest BCUT2D eigenvalue weighted by Crippen LogP contribution is -2.48. The van der Waals surface area contributed by atoms with E-state index in [1.54, 1.807) is 0 Å². The van der Waals surface area contributed by atoms with Crippen LogP contribution < -0.4 is 10.6 Å². The van der Waals surface area contributed by atoms with Crippen LogP contribution in [0.4, 0.5) is 4.79 Å². The Labute approximate surface area is 98.1 Å². The number of carbonyl (C=O) groups excluding carboxylic acids is 1. The fourth-order valence-corrected chi connectivity index (χ4v) is 1.89. The molecular formula is C12H24N2O2. The zero-order valence-electron chi connectivity index (χ0n) is 10.8. The van der Waals surface area contributed by atoms with Gasteiger partial charge in [-0.05, 0) is 46.1 Å². The second-order valence-corrected chi connectivity index (χ2v) is 5.56. The minimum absolute atomic E-state index is 0.327. The minimum atomic E-state index is -0.421. The van der Waals surface area contributed by atoms with E-state index in [2.05, 4.69) is 17.6 Å². The lowest BCUT2D eigenvalue weighted by Gasteiger charge is -2.30. The van der Waals surface area contributed by atoms with Crippen LogP contribution in [0.3, 0.4) is 0 Å². The summed E-state index contributed by atoms with van der Waals surface area (Å²) in [7, 11) is 0. The van der Waals surface area contributed by atoms with Crippen LogP contribution in [0.2, 0.25) is 0 Å². The van der Waals surface area contributed by atoms with Gasteiger partial charge in [0, 0.05) is 12.6 Å². The summed E-state index contributed by atoms with van der Waals surface area (Å²) in [4.78, 5) is 11.4. The highest BCUT2D eigenvalue weighted by molar-refractivity contribution is 5.67. The number of hydrogen-bond acceptors (Lipinski definition) is 3. The van der Waals surface area contributed by atoms with Crippen LogP contribution in [0.5, 0.6) is 0 Å². The van der Waals surface area contributed by atoms with E-state index >= 15 is 0 Å². The molecule has 1 heterocycles. The Kier molecular flexibility index (Phi) is 4.59. The van der Waals surface area contributed by atoms with Gasteiger partial charge in [0.2, 0.25) is 0 Å². The molecule has 1 aliphatic heterocycles. The normalized spacial score (nSPS) is 26.2. The smallest absolute Gasteiger partial charge is 0.407 e. The zero-order chi connectivity index (χ0) is 12.2. The first-order valence-corrected chi connectivity index (χ1v) is 6.09. The van der Waals surface area contributed by atoms with E-state index in [-0.39, 0.29) is 6.09 Å². The zero-order valence-corrected chi connectivity index (χ0v) is 10.8. The molecule has 2 N–H and O–H groups in total. The van der Waals surface area contributed by atoms with Crippen LogP contribution in [0.1, 0.15) is 40.5 Å². The maximum atomic E-state index is 11.4. The van der Waals surface area contributed by atoms with Crippen molar-refractivity contribution >= 4 is 6.09 Å². The van der Waals surface area contributed by atoms with Crippen molar-refractivity contribution in [1.82, 2.24) is 10.6 Å². The van der Waals surface area contributed by atoms with Crippen molar-refractivity contribution in [2.24, 2.45) is 5.92 Å². The molecule has 94 valence electrons. The predicted molar refractivity (Wildman–Crippen MR) is 64.4 cm³/mol. The molecule has 0 bridgehead atoms. The number of nitrogens with one attached hydrogen (secondary N) is 2. The van der Waals surface area contributed by atoms with Crippen molar-refractivity contribution in [3.05, 3.63) is 0 Å². The third kappa shape index (κ3) is 4.84. The summed E-state index contributed by atoms with van der Waals surface area (Å²) in [5.74, 6) is 0.615. The molecule has 1 saturated heterocycles. The summed E-state index contributed by atoms with van der Waals surface area (Å²) >= 11 is 0. The number of amides is 1. The Morgan fingerprint density at radius 1 is 1.50 bits per heavy atom. The Morgan fingerprint density at radius 2 is 2.19 bits per heavy atom. The van der Waals surface area contributed by atoms with Gasteiger partial charge in [0.1, 0.15) is 5.60 Å².